The minimum atomic E-state index is 0.0113. The van der Waals surface area contributed by atoms with E-state index in [2.05, 4.69) is 53.7 Å². The average Bonchev–Trinajstić information content (AvgIpc) is 3.38. The van der Waals surface area contributed by atoms with Crippen LogP contribution < -0.4 is 5.32 Å². The number of hydrogen-bond donors (Lipinski definition) is 1. The summed E-state index contributed by atoms with van der Waals surface area (Å²) in [6.07, 6.45) is 6.13. The molecule has 0 saturated carbocycles. The molecule has 33 heavy (non-hydrogen) atoms. The number of hydrogen-bond acceptors (Lipinski definition) is 5. The topological polar surface area (TPSA) is 59.8 Å². The van der Waals surface area contributed by atoms with Gasteiger partial charge in [0.05, 0.1) is 15.9 Å². The van der Waals surface area contributed by atoms with Crippen molar-refractivity contribution in [3.63, 3.8) is 0 Å². The third-order valence-corrected chi connectivity index (χ3v) is 8.05. The van der Waals surface area contributed by atoms with Crippen LogP contribution in [0, 0.1) is 13.8 Å². The van der Waals surface area contributed by atoms with Crippen molar-refractivity contribution in [2.75, 3.05) is 11.1 Å². The van der Waals surface area contributed by atoms with E-state index in [1.165, 1.54) is 39.1 Å². The SMILES string of the molecule is Cc1ccc(SCCCC(=O)Nc2cc(C)nn2-c2nc3cc4c(cc3s2)CCCC4)cc1. The lowest BCUT2D eigenvalue weighted by molar-refractivity contribution is -0.116. The Bertz CT molecular complexity index is 1250. The molecule has 1 N–H and O–H groups in total. The molecule has 1 amide bonds. The fourth-order valence-corrected chi connectivity index (χ4v) is 6.06. The Balaban J connectivity index is 1.25. The number of carbonyl (C=O) groups excluding carboxylic acids is 1. The second-order valence-electron chi connectivity index (χ2n) is 8.69. The number of rotatable bonds is 7. The van der Waals surface area contributed by atoms with E-state index in [1.54, 1.807) is 27.8 Å². The summed E-state index contributed by atoms with van der Waals surface area (Å²) in [6, 6.07) is 15.0. The highest BCUT2D eigenvalue weighted by Crippen LogP contribution is 2.32. The van der Waals surface area contributed by atoms with Crippen LogP contribution in [-0.4, -0.2) is 26.4 Å². The van der Waals surface area contributed by atoms with Gasteiger partial charge in [0.25, 0.3) is 0 Å². The zero-order chi connectivity index (χ0) is 22.8. The molecule has 0 unspecified atom stereocenters. The molecule has 0 aliphatic heterocycles. The van der Waals surface area contributed by atoms with E-state index in [9.17, 15) is 4.79 Å². The Labute approximate surface area is 202 Å². The van der Waals surface area contributed by atoms with E-state index in [1.807, 2.05) is 13.0 Å². The van der Waals surface area contributed by atoms with E-state index in [0.717, 1.165) is 41.4 Å². The molecule has 5 rings (SSSR count). The molecule has 2 aromatic carbocycles. The maximum absolute atomic E-state index is 12.6. The largest absolute Gasteiger partial charge is 0.311 e. The predicted molar refractivity (Wildman–Crippen MR) is 138 cm³/mol. The second-order valence-corrected chi connectivity index (χ2v) is 10.9. The molecule has 5 nitrogen and oxygen atoms in total. The quantitative estimate of drug-likeness (QED) is 0.245. The van der Waals surface area contributed by atoms with Gasteiger partial charge in [-0.05, 0) is 87.1 Å². The third-order valence-electron chi connectivity index (χ3n) is 5.96. The third kappa shape index (κ3) is 5.14. The predicted octanol–water partition coefficient (Wildman–Crippen LogP) is 6.49. The number of fused-ring (bicyclic) bond motifs is 2. The summed E-state index contributed by atoms with van der Waals surface area (Å²) in [6.45, 7) is 4.03. The summed E-state index contributed by atoms with van der Waals surface area (Å²) in [5.41, 5.74) is 6.03. The summed E-state index contributed by atoms with van der Waals surface area (Å²) >= 11 is 3.42. The molecule has 4 aromatic rings. The number of anilines is 1. The van der Waals surface area contributed by atoms with Crippen molar-refractivity contribution in [3.8, 4) is 5.13 Å². The fraction of sp³-hybridized carbons (Fsp3) is 0.346. The molecular weight excluding hydrogens is 448 g/mol. The Hall–Kier alpha value is -2.64. The first-order chi connectivity index (χ1) is 16.0. The Morgan fingerprint density at radius 1 is 1.09 bits per heavy atom. The summed E-state index contributed by atoms with van der Waals surface area (Å²) in [4.78, 5) is 18.7. The van der Waals surface area contributed by atoms with Crippen LogP contribution in [0.25, 0.3) is 15.3 Å². The number of nitrogens with zero attached hydrogens (tertiary/aromatic N) is 3. The minimum absolute atomic E-state index is 0.0113. The molecule has 1 aliphatic rings. The highest BCUT2D eigenvalue weighted by atomic mass is 32.2. The van der Waals surface area contributed by atoms with Gasteiger partial charge in [0.15, 0.2) is 0 Å². The van der Waals surface area contributed by atoms with E-state index in [0.29, 0.717) is 12.2 Å². The van der Waals surface area contributed by atoms with Gasteiger partial charge in [0.1, 0.15) is 5.82 Å². The molecule has 0 spiro atoms. The molecule has 7 heteroatoms. The van der Waals surface area contributed by atoms with Crippen LogP contribution >= 0.6 is 23.1 Å². The molecule has 0 fully saturated rings. The van der Waals surface area contributed by atoms with Crippen molar-refractivity contribution in [2.45, 2.75) is 57.3 Å². The van der Waals surface area contributed by atoms with Crippen LogP contribution in [-0.2, 0) is 17.6 Å². The molecule has 0 radical (unpaired) electrons. The lowest BCUT2D eigenvalue weighted by atomic mass is 9.92. The standard InChI is InChI=1S/C26H28N4OS2/c1-17-9-11-21(12-10-17)32-13-5-8-25(31)28-24-14-18(2)29-30(24)26-27-22-15-19-6-3-4-7-20(19)16-23(22)33-26/h9-12,14-16H,3-8,13H2,1-2H3,(H,28,31). The number of aryl methyl sites for hydroxylation is 4. The molecule has 170 valence electrons. The normalized spacial score (nSPS) is 13.3. The lowest BCUT2D eigenvalue weighted by Gasteiger charge is -2.14. The molecule has 0 bridgehead atoms. The zero-order valence-electron chi connectivity index (χ0n) is 19.1. The maximum atomic E-state index is 12.6. The van der Waals surface area contributed by atoms with Gasteiger partial charge in [0, 0.05) is 17.4 Å². The first-order valence-corrected chi connectivity index (χ1v) is 13.3. The van der Waals surface area contributed by atoms with E-state index in [4.69, 9.17) is 4.98 Å². The Morgan fingerprint density at radius 3 is 2.64 bits per heavy atom. The highest BCUT2D eigenvalue weighted by molar-refractivity contribution is 7.99. The average molecular weight is 477 g/mol. The number of thiazole rings is 1. The van der Waals surface area contributed by atoms with Crippen LogP contribution in [0.3, 0.4) is 0 Å². The van der Waals surface area contributed by atoms with Crippen LogP contribution in [0.4, 0.5) is 5.82 Å². The van der Waals surface area contributed by atoms with E-state index < -0.39 is 0 Å². The fourth-order valence-electron chi connectivity index (χ4n) is 4.23. The number of amides is 1. The minimum Gasteiger partial charge on any atom is -0.311 e. The van der Waals surface area contributed by atoms with Crippen molar-refractivity contribution in [3.05, 3.63) is 64.8 Å². The molecule has 0 atom stereocenters. The summed E-state index contributed by atoms with van der Waals surface area (Å²) in [7, 11) is 0. The van der Waals surface area contributed by atoms with Gasteiger partial charge >= 0.3 is 0 Å². The first kappa shape index (κ1) is 22.2. The summed E-state index contributed by atoms with van der Waals surface area (Å²) in [5.74, 6) is 1.61. The Kier molecular flexibility index (Phi) is 6.51. The van der Waals surface area contributed by atoms with Crippen LogP contribution in [0.5, 0.6) is 0 Å². The van der Waals surface area contributed by atoms with Gasteiger partial charge in [-0.2, -0.15) is 9.78 Å². The second kappa shape index (κ2) is 9.69. The molecule has 0 saturated heterocycles. The van der Waals surface area contributed by atoms with Crippen molar-refractivity contribution in [1.82, 2.24) is 14.8 Å². The van der Waals surface area contributed by atoms with Crippen LogP contribution in [0.1, 0.15) is 48.1 Å². The molecule has 2 heterocycles. The summed E-state index contributed by atoms with van der Waals surface area (Å²) < 4.78 is 2.96. The van der Waals surface area contributed by atoms with Gasteiger partial charge in [-0.25, -0.2) is 4.98 Å². The number of benzene rings is 2. The van der Waals surface area contributed by atoms with Gasteiger partial charge in [-0.3, -0.25) is 4.79 Å². The van der Waals surface area contributed by atoms with Crippen molar-refractivity contribution in [2.24, 2.45) is 0 Å². The van der Waals surface area contributed by atoms with Gasteiger partial charge in [-0.15, -0.1) is 11.8 Å². The Morgan fingerprint density at radius 2 is 1.85 bits per heavy atom. The van der Waals surface area contributed by atoms with Crippen molar-refractivity contribution >= 4 is 45.0 Å². The maximum Gasteiger partial charge on any atom is 0.225 e. The molecule has 2 aromatic heterocycles. The monoisotopic (exact) mass is 476 g/mol. The molecule has 1 aliphatic carbocycles. The van der Waals surface area contributed by atoms with Crippen molar-refractivity contribution in [1.29, 1.82) is 0 Å². The molecular formula is C26H28N4OS2. The van der Waals surface area contributed by atoms with Crippen LogP contribution in [0.15, 0.2) is 47.4 Å². The number of carbonyl (C=O) groups is 1. The summed E-state index contributed by atoms with van der Waals surface area (Å²) in [5, 5.41) is 8.47. The van der Waals surface area contributed by atoms with Crippen LogP contribution in [0.2, 0.25) is 0 Å². The first-order valence-electron chi connectivity index (χ1n) is 11.5. The highest BCUT2D eigenvalue weighted by Gasteiger charge is 2.17. The van der Waals surface area contributed by atoms with Gasteiger partial charge in [-0.1, -0.05) is 29.0 Å². The zero-order valence-corrected chi connectivity index (χ0v) is 20.7. The van der Waals surface area contributed by atoms with E-state index in [-0.39, 0.29) is 5.91 Å². The number of thioether (sulfide) groups is 1. The smallest absolute Gasteiger partial charge is 0.225 e. The number of aromatic nitrogens is 3. The van der Waals surface area contributed by atoms with Crippen molar-refractivity contribution < 1.29 is 4.79 Å². The number of nitrogens with one attached hydrogen (secondary N) is 1. The van der Waals surface area contributed by atoms with Gasteiger partial charge < -0.3 is 5.32 Å². The van der Waals surface area contributed by atoms with E-state index >= 15 is 0 Å². The van der Waals surface area contributed by atoms with Gasteiger partial charge in [0.2, 0.25) is 11.0 Å². The lowest BCUT2D eigenvalue weighted by Crippen LogP contribution is -2.14.